The fraction of sp³-hybridized carbons (Fsp3) is 0.0455. The average Bonchev–Trinajstić information content (AvgIpc) is 2.78. The predicted molar refractivity (Wildman–Crippen MR) is 119 cm³/mol. The molecule has 0 heterocycles. The van der Waals surface area contributed by atoms with Gasteiger partial charge in [0.15, 0.2) is 17.3 Å². The molecular formula is C22H14ClFN4O4S. The molecule has 0 aliphatic rings. The van der Waals surface area contributed by atoms with Crippen LogP contribution >= 0.6 is 11.6 Å². The Kier molecular flexibility index (Phi) is 6.95. The number of carbonyl (C=O) groups excluding carboxylic acids is 1. The van der Waals surface area contributed by atoms with Crippen molar-refractivity contribution in [1.82, 2.24) is 0 Å². The van der Waals surface area contributed by atoms with Gasteiger partial charge in [0.2, 0.25) is 15.9 Å². The molecule has 166 valence electrons. The largest absolute Gasteiger partial charge is 0.454 e. The van der Waals surface area contributed by atoms with Gasteiger partial charge in [-0.15, -0.1) is 0 Å². The maximum atomic E-state index is 15.1. The van der Waals surface area contributed by atoms with Crippen LogP contribution in [0.3, 0.4) is 0 Å². The maximum absolute atomic E-state index is 15.1. The van der Waals surface area contributed by atoms with Crippen molar-refractivity contribution in [3.05, 3.63) is 88.0 Å². The number of halogens is 2. The van der Waals surface area contributed by atoms with Crippen LogP contribution in [0.4, 0.5) is 15.8 Å². The standard InChI is InChI=1S/C22H14ClFN4O4S/c1-27-16-8-13(12-25)9-17(11-16)32-22-19(23)7-2-14(21(22)24)10-20(29)28-15-3-5-18(6-4-15)33(26,30)31/h2-9,11H,10H2,(H,28,29)(H2,26,30,31). The minimum atomic E-state index is -3.87. The summed E-state index contributed by atoms with van der Waals surface area (Å²) in [4.78, 5) is 15.5. The fourth-order valence-electron chi connectivity index (χ4n) is 2.80. The Morgan fingerprint density at radius 2 is 1.91 bits per heavy atom. The van der Waals surface area contributed by atoms with E-state index in [-0.39, 0.29) is 44.7 Å². The van der Waals surface area contributed by atoms with Crippen LogP contribution in [-0.2, 0) is 21.2 Å². The van der Waals surface area contributed by atoms with Gasteiger partial charge in [0.25, 0.3) is 0 Å². The third kappa shape index (κ3) is 5.84. The van der Waals surface area contributed by atoms with Crippen molar-refractivity contribution < 1.29 is 22.3 Å². The predicted octanol–water partition coefficient (Wildman–Crippen LogP) is 4.52. The molecule has 3 rings (SSSR count). The number of amides is 1. The van der Waals surface area contributed by atoms with Crippen molar-refractivity contribution >= 4 is 38.9 Å². The number of primary sulfonamides is 1. The van der Waals surface area contributed by atoms with E-state index in [9.17, 15) is 13.2 Å². The molecule has 3 N–H and O–H groups in total. The smallest absolute Gasteiger partial charge is 0.238 e. The zero-order chi connectivity index (χ0) is 24.2. The van der Waals surface area contributed by atoms with E-state index >= 15 is 4.39 Å². The minimum absolute atomic E-state index is 0.0186. The Morgan fingerprint density at radius 3 is 2.52 bits per heavy atom. The van der Waals surface area contributed by atoms with E-state index < -0.39 is 21.7 Å². The highest BCUT2D eigenvalue weighted by atomic mass is 35.5. The topological polar surface area (TPSA) is 127 Å². The monoisotopic (exact) mass is 484 g/mol. The van der Waals surface area contributed by atoms with Crippen molar-refractivity contribution in [2.24, 2.45) is 5.14 Å². The van der Waals surface area contributed by atoms with Gasteiger partial charge in [-0.2, -0.15) is 5.26 Å². The number of hydrogen-bond acceptors (Lipinski definition) is 5. The van der Waals surface area contributed by atoms with E-state index in [1.807, 2.05) is 6.07 Å². The van der Waals surface area contributed by atoms with E-state index in [1.54, 1.807) is 0 Å². The molecular weight excluding hydrogens is 471 g/mol. The molecule has 0 radical (unpaired) electrons. The molecule has 0 saturated carbocycles. The van der Waals surface area contributed by atoms with Gasteiger partial charge in [-0.05, 0) is 48.5 Å². The van der Waals surface area contributed by atoms with E-state index in [1.165, 1.54) is 54.6 Å². The quantitative estimate of drug-likeness (QED) is 0.497. The Labute approximate surface area is 193 Å². The summed E-state index contributed by atoms with van der Waals surface area (Å²) < 4.78 is 43.2. The zero-order valence-corrected chi connectivity index (χ0v) is 18.2. The molecule has 1 amide bonds. The lowest BCUT2D eigenvalue weighted by Gasteiger charge is -2.13. The van der Waals surface area contributed by atoms with Gasteiger partial charge in [-0.1, -0.05) is 17.7 Å². The first-order valence-corrected chi connectivity index (χ1v) is 11.0. The first kappa shape index (κ1) is 23.7. The Balaban J connectivity index is 1.80. The maximum Gasteiger partial charge on any atom is 0.238 e. The molecule has 8 nitrogen and oxygen atoms in total. The van der Waals surface area contributed by atoms with Crippen LogP contribution in [0, 0.1) is 23.7 Å². The normalized spacial score (nSPS) is 10.7. The summed E-state index contributed by atoms with van der Waals surface area (Å²) in [5.74, 6) is -1.77. The Morgan fingerprint density at radius 1 is 1.21 bits per heavy atom. The molecule has 0 aliphatic heterocycles. The zero-order valence-electron chi connectivity index (χ0n) is 16.7. The first-order valence-electron chi connectivity index (χ1n) is 9.11. The summed E-state index contributed by atoms with van der Waals surface area (Å²) in [6, 6.07) is 13.7. The van der Waals surface area contributed by atoms with Gasteiger partial charge in [0.05, 0.1) is 29.0 Å². The Hall–Kier alpha value is -3.96. The molecule has 0 unspecified atom stereocenters. The van der Waals surface area contributed by atoms with Gasteiger partial charge in [0.1, 0.15) is 5.75 Å². The molecule has 11 heteroatoms. The van der Waals surface area contributed by atoms with Crippen LogP contribution < -0.4 is 15.2 Å². The first-order chi connectivity index (χ1) is 15.6. The van der Waals surface area contributed by atoms with Crippen molar-refractivity contribution in [2.45, 2.75) is 11.3 Å². The summed E-state index contributed by atoms with van der Waals surface area (Å²) in [6.45, 7) is 7.10. The van der Waals surface area contributed by atoms with Gasteiger partial charge in [-0.25, -0.2) is 22.8 Å². The number of sulfonamides is 1. The number of ether oxygens (including phenoxy) is 1. The summed E-state index contributed by atoms with van der Waals surface area (Å²) >= 11 is 6.07. The molecule has 0 atom stereocenters. The highest BCUT2D eigenvalue weighted by Gasteiger charge is 2.18. The van der Waals surface area contributed by atoms with Gasteiger partial charge in [0, 0.05) is 16.8 Å². The second kappa shape index (κ2) is 9.67. The number of anilines is 1. The molecule has 0 spiro atoms. The van der Waals surface area contributed by atoms with Crippen molar-refractivity contribution in [1.29, 1.82) is 5.26 Å². The lowest BCUT2D eigenvalue weighted by Crippen LogP contribution is -2.16. The number of hydrogen-bond donors (Lipinski definition) is 2. The van der Waals surface area contributed by atoms with Crippen LogP contribution in [0.1, 0.15) is 11.1 Å². The van der Waals surface area contributed by atoms with Crippen molar-refractivity contribution in [3.8, 4) is 17.6 Å². The summed E-state index contributed by atoms with van der Waals surface area (Å²) in [5, 5.41) is 16.6. The SMILES string of the molecule is [C-]#[N+]c1cc(C#N)cc(Oc2c(Cl)ccc(CC(=O)Nc3ccc(S(N)(=O)=O)cc3)c2F)c1. The molecule has 33 heavy (non-hydrogen) atoms. The minimum Gasteiger partial charge on any atom is -0.454 e. The number of nitrogens with one attached hydrogen (secondary N) is 1. The van der Waals surface area contributed by atoms with E-state index in [0.29, 0.717) is 5.69 Å². The molecule has 0 aromatic heterocycles. The Bertz CT molecular complexity index is 1400. The summed E-state index contributed by atoms with van der Waals surface area (Å²) in [5.41, 5.74) is 0.553. The van der Waals surface area contributed by atoms with Crippen LogP contribution in [-0.4, -0.2) is 14.3 Å². The summed E-state index contributed by atoms with van der Waals surface area (Å²) in [6.07, 6.45) is -0.373. The third-order valence-electron chi connectivity index (χ3n) is 4.32. The van der Waals surface area contributed by atoms with Gasteiger partial charge in [-0.3, -0.25) is 4.79 Å². The van der Waals surface area contributed by atoms with Crippen LogP contribution in [0.25, 0.3) is 4.85 Å². The van der Waals surface area contributed by atoms with Crippen LogP contribution in [0.2, 0.25) is 5.02 Å². The third-order valence-corrected chi connectivity index (χ3v) is 5.54. The highest BCUT2D eigenvalue weighted by molar-refractivity contribution is 7.89. The molecule has 0 saturated heterocycles. The second-order valence-corrected chi connectivity index (χ2v) is 8.65. The fourth-order valence-corrected chi connectivity index (χ4v) is 3.50. The number of nitrogens with two attached hydrogens (primary N) is 1. The van der Waals surface area contributed by atoms with Crippen LogP contribution in [0.5, 0.6) is 11.5 Å². The molecule has 0 fully saturated rings. The van der Waals surface area contributed by atoms with Crippen molar-refractivity contribution in [2.75, 3.05) is 5.32 Å². The number of nitriles is 1. The van der Waals surface area contributed by atoms with E-state index in [4.69, 9.17) is 33.3 Å². The summed E-state index contributed by atoms with van der Waals surface area (Å²) in [7, 11) is -3.87. The molecule has 3 aromatic carbocycles. The lowest BCUT2D eigenvalue weighted by molar-refractivity contribution is -0.115. The van der Waals surface area contributed by atoms with Gasteiger partial charge >= 0.3 is 0 Å². The second-order valence-electron chi connectivity index (χ2n) is 6.69. The molecule has 0 aliphatic carbocycles. The van der Waals surface area contributed by atoms with Crippen LogP contribution in [0.15, 0.2) is 59.5 Å². The number of rotatable bonds is 6. The van der Waals surface area contributed by atoms with Crippen molar-refractivity contribution in [3.63, 3.8) is 0 Å². The lowest BCUT2D eigenvalue weighted by atomic mass is 10.1. The molecule has 3 aromatic rings. The number of nitrogens with zero attached hydrogens (tertiary/aromatic N) is 2. The average molecular weight is 485 g/mol. The van der Waals surface area contributed by atoms with E-state index in [2.05, 4.69) is 10.2 Å². The number of benzene rings is 3. The number of carbonyl (C=O) groups is 1. The van der Waals surface area contributed by atoms with E-state index in [0.717, 1.165) is 0 Å². The highest BCUT2D eigenvalue weighted by Crippen LogP contribution is 2.36. The molecule has 0 bridgehead atoms. The van der Waals surface area contributed by atoms with Gasteiger partial charge < -0.3 is 10.1 Å².